The molecule has 5 nitrogen and oxygen atoms in total. The zero-order valence-electron chi connectivity index (χ0n) is 14.7. The van der Waals surface area contributed by atoms with Gasteiger partial charge in [0.25, 0.3) is 0 Å². The number of fused-ring (bicyclic) bond motifs is 1. The van der Waals surface area contributed by atoms with Gasteiger partial charge in [0.2, 0.25) is 0 Å². The molecule has 2 N–H and O–H groups in total. The zero-order valence-corrected chi connectivity index (χ0v) is 16.3. The van der Waals surface area contributed by atoms with E-state index in [1.54, 1.807) is 7.05 Å². The molecule has 1 aliphatic rings. The summed E-state index contributed by atoms with van der Waals surface area (Å²) in [6, 6.07) is 3.93. The Labute approximate surface area is 153 Å². The Hall–Kier alpha value is -1.27. The number of benzene rings is 1. The van der Waals surface area contributed by atoms with Crippen molar-refractivity contribution in [3.63, 3.8) is 0 Å². The van der Waals surface area contributed by atoms with E-state index in [2.05, 4.69) is 35.7 Å². The Bertz CT molecular complexity index is 593. The molecule has 0 saturated carbocycles. The van der Waals surface area contributed by atoms with Crippen molar-refractivity contribution in [2.75, 3.05) is 39.6 Å². The SMILES string of the molecule is CN=C(NCCc1cc(Cl)c2c(c1)OCCO2)NCC(C)(C)SC. The van der Waals surface area contributed by atoms with E-state index in [1.165, 1.54) is 0 Å². The highest BCUT2D eigenvalue weighted by Crippen LogP contribution is 2.38. The van der Waals surface area contributed by atoms with Crippen molar-refractivity contribution in [3.05, 3.63) is 22.7 Å². The number of ether oxygens (including phenoxy) is 2. The lowest BCUT2D eigenvalue weighted by Gasteiger charge is -2.24. The highest BCUT2D eigenvalue weighted by Gasteiger charge is 2.17. The number of thioether (sulfide) groups is 1. The molecule has 0 saturated heterocycles. The molecule has 1 aliphatic heterocycles. The number of hydrogen-bond acceptors (Lipinski definition) is 4. The van der Waals surface area contributed by atoms with Crippen LogP contribution in [0.15, 0.2) is 17.1 Å². The van der Waals surface area contributed by atoms with Crippen molar-refractivity contribution in [1.29, 1.82) is 0 Å². The number of halogens is 1. The van der Waals surface area contributed by atoms with Gasteiger partial charge in [0.1, 0.15) is 13.2 Å². The van der Waals surface area contributed by atoms with Crippen LogP contribution in [0.4, 0.5) is 0 Å². The van der Waals surface area contributed by atoms with E-state index in [0.717, 1.165) is 36.8 Å². The van der Waals surface area contributed by atoms with Gasteiger partial charge in [0, 0.05) is 24.9 Å². The Morgan fingerprint density at radius 1 is 1.29 bits per heavy atom. The maximum absolute atomic E-state index is 6.27. The molecule has 134 valence electrons. The van der Waals surface area contributed by atoms with Crippen LogP contribution in [0.3, 0.4) is 0 Å². The van der Waals surface area contributed by atoms with Crippen molar-refractivity contribution in [3.8, 4) is 11.5 Å². The van der Waals surface area contributed by atoms with Crippen molar-refractivity contribution in [2.45, 2.75) is 25.0 Å². The molecule has 7 heteroatoms. The Morgan fingerprint density at radius 3 is 2.75 bits per heavy atom. The molecule has 0 aliphatic carbocycles. The van der Waals surface area contributed by atoms with E-state index < -0.39 is 0 Å². The van der Waals surface area contributed by atoms with E-state index in [9.17, 15) is 0 Å². The number of hydrogen-bond donors (Lipinski definition) is 2. The summed E-state index contributed by atoms with van der Waals surface area (Å²) in [6.45, 7) is 7.12. The minimum absolute atomic E-state index is 0.168. The first kappa shape index (κ1) is 19.1. The summed E-state index contributed by atoms with van der Waals surface area (Å²) in [6.07, 6.45) is 2.94. The normalized spacial score (nSPS) is 14.5. The fourth-order valence-corrected chi connectivity index (χ4v) is 2.73. The van der Waals surface area contributed by atoms with E-state index in [1.807, 2.05) is 23.9 Å². The largest absolute Gasteiger partial charge is 0.486 e. The molecular formula is C17H26ClN3O2S. The first-order chi connectivity index (χ1) is 11.4. The highest BCUT2D eigenvalue weighted by atomic mass is 35.5. The summed E-state index contributed by atoms with van der Waals surface area (Å²) in [5.41, 5.74) is 1.11. The van der Waals surface area contributed by atoms with Crippen molar-refractivity contribution < 1.29 is 9.47 Å². The predicted molar refractivity (Wildman–Crippen MR) is 103 cm³/mol. The minimum atomic E-state index is 0.168. The number of rotatable bonds is 6. The average Bonchev–Trinajstić information content (AvgIpc) is 2.58. The Kier molecular flexibility index (Phi) is 6.92. The van der Waals surface area contributed by atoms with Crippen LogP contribution in [0.5, 0.6) is 11.5 Å². The van der Waals surface area contributed by atoms with Gasteiger partial charge < -0.3 is 20.1 Å². The van der Waals surface area contributed by atoms with E-state index in [4.69, 9.17) is 21.1 Å². The summed E-state index contributed by atoms with van der Waals surface area (Å²) < 4.78 is 11.3. The quantitative estimate of drug-likeness (QED) is 0.594. The summed E-state index contributed by atoms with van der Waals surface area (Å²) in [4.78, 5) is 4.26. The second kappa shape index (κ2) is 8.72. The van der Waals surface area contributed by atoms with E-state index in [0.29, 0.717) is 24.0 Å². The van der Waals surface area contributed by atoms with Crippen molar-refractivity contribution in [2.24, 2.45) is 4.99 Å². The molecule has 0 bridgehead atoms. The number of nitrogens with zero attached hydrogens (tertiary/aromatic N) is 1. The average molecular weight is 372 g/mol. The maximum Gasteiger partial charge on any atom is 0.191 e. The van der Waals surface area contributed by atoms with Crippen LogP contribution >= 0.6 is 23.4 Å². The maximum atomic E-state index is 6.27. The Balaban J connectivity index is 1.86. The lowest BCUT2D eigenvalue weighted by atomic mass is 10.1. The predicted octanol–water partition coefficient (Wildman–Crippen LogP) is 2.96. The molecule has 1 heterocycles. The summed E-state index contributed by atoms with van der Waals surface area (Å²) in [7, 11) is 1.78. The monoisotopic (exact) mass is 371 g/mol. The van der Waals surface area contributed by atoms with Gasteiger partial charge in [-0.3, -0.25) is 4.99 Å². The van der Waals surface area contributed by atoms with Gasteiger partial charge in [0.05, 0.1) is 5.02 Å². The number of aliphatic imine (C=N–C) groups is 1. The van der Waals surface area contributed by atoms with Gasteiger partial charge in [-0.15, -0.1) is 0 Å². The van der Waals surface area contributed by atoms with Crippen molar-refractivity contribution in [1.82, 2.24) is 10.6 Å². The lowest BCUT2D eigenvalue weighted by molar-refractivity contribution is 0.171. The molecule has 1 aromatic rings. The van der Waals surface area contributed by atoms with E-state index in [-0.39, 0.29) is 4.75 Å². The van der Waals surface area contributed by atoms with Crippen LogP contribution in [0.25, 0.3) is 0 Å². The highest BCUT2D eigenvalue weighted by molar-refractivity contribution is 7.99. The van der Waals surface area contributed by atoms with Crippen LogP contribution in [0.1, 0.15) is 19.4 Å². The molecule has 0 amide bonds. The molecular weight excluding hydrogens is 346 g/mol. The molecule has 24 heavy (non-hydrogen) atoms. The van der Waals surface area contributed by atoms with Crippen LogP contribution in [-0.2, 0) is 6.42 Å². The zero-order chi connectivity index (χ0) is 17.6. The van der Waals surface area contributed by atoms with Gasteiger partial charge in [-0.25, -0.2) is 0 Å². The van der Waals surface area contributed by atoms with Crippen LogP contribution in [-0.4, -0.2) is 50.3 Å². The number of nitrogens with one attached hydrogen (secondary N) is 2. The van der Waals surface area contributed by atoms with Gasteiger partial charge in [-0.2, -0.15) is 11.8 Å². The topological polar surface area (TPSA) is 54.9 Å². The Morgan fingerprint density at radius 2 is 2.04 bits per heavy atom. The smallest absolute Gasteiger partial charge is 0.191 e. The summed E-state index contributed by atoms with van der Waals surface area (Å²) >= 11 is 8.10. The minimum Gasteiger partial charge on any atom is -0.486 e. The fourth-order valence-electron chi connectivity index (χ4n) is 2.22. The van der Waals surface area contributed by atoms with E-state index >= 15 is 0 Å². The second-order valence-corrected chi connectivity index (χ2v) is 8.09. The molecule has 0 aromatic heterocycles. The lowest BCUT2D eigenvalue weighted by Crippen LogP contribution is -2.43. The van der Waals surface area contributed by atoms with Gasteiger partial charge in [-0.05, 0) is 44.2 Å². The van der Waals surface area contributed by atoms with Crippen LogP contribution < -0.4 is 20.1 Å². The second-order valence-electron chi connectivity index (χ2n) is 6.17. The number of guanidine groups is 1. The van der Waals surface area contributed by atoms with Gasteiger partial charge >= 0.3 is 0 Å². The summed E-state index contributed by atoms with van der Waals surface area (Å²) in [5.74, 6) is 2.19. The molecule has 0 atom stereocenters. The van der Waals surface area contributed by atoms with Crippen LogP contribution in [0, 0.1) is 0 Å². The standard InChI is InChI=1S/C17H26ClN3O2S/c1-17(2,24-4)11-21-16(19-3)20-6-5-12-9-13(18)15-14(10-12)22-7-8-23-15/h9-10H,5-8,11H2,1-4H3,(H2,19,20,21). The van der Waals surface area contributed by atoms with Crippen molar-refractivity contribution >= 4 is 29.3 Å². The third kappa shape index (κ3) is 5.38. The summed E-state index contributed by atoms with van der Waals surface area (Å²) in [5, 5.41) is 7.29. The molecule has 2 rings (SSSR count). The van der Waals surface area contributed by atoms with Gasteiger partial charge in [-0.1, -0.05) is 11.6 Å². The first-order valence-electron chi connectivity index (χ1n) is 8.03. The molecule has 0 unspecified atom stereocenters. The van der Waals surface area contributed by atoms with Crippen LogP contribution in [0.2, 0.25) is 5.02 Å². The molecule has 0 fully saturated rings. The first-order valence-corrected chi connectivity index (χ1v) is 9.63. The molecule has 0 spiro atoms. The molecule has 0 radical (unpaired) electrons. The van der Waals surface area contributed by atoms with Gasteiger partial charge in [0.15, 0.2) is 17.5 Å². The third-order valence-electron chi connectivity index (χ3n) is 3.82. The fraction of sp³-hybridized carbons (Fsp3) is 0.588. The molecule has 1 aromatic carbocycles. The third-order valence-corrected chi connectivity index (χ3v) is 5.35.